The van der Waals surface area contributed by atoms with Crippen LogP contribution in [0.3, 0.4) is 0 Å². The lowest BCUT2D eigenvalue weighted by molar-refractivity contribution is 0.222. The Morgan fingerprint density at radius 1 is 0.900 bits per heavy atom. The Bertz CT molecular complexity index is 771. The average Bonchev–Trinajstić information content (AvgIpc) is 2.49. The Labute approximate surface area is 125 Å². The minimum Gasteiger partial charge on any atom is -0.384 e. The predicted molar refractivity (Wildman–Crippen MR) is 80.1 cm³/mol. The van der Waals surface area contributed by atoms with Crippen molar-refractivity contribution in [2.75, 3.05) is 0 Å². The number of benzene rings is 2. The van der Waals surface area contributed by atoms with Gasteiger partial charge in [0.15, 0.2) is 0 Å². The van der Waals surface area contributed by atoms with Gasteiger partial charge >= 0.3 is 0 Å². The molecule has 1 atom stereocenters. The van der Waals surface area contributed by atoms with Gasteiger partial charge in [-0.1, -0.05) is 47.5 Å². The summed E-state index contributed by atoms with van der Waals surface area (Å²) in [6.07, 6.45) is 2.31. The molecule has 0 aliphatic heterocycles. The van der Waals surface area contributed by atoms with Crippen LogP contribution in [-0.2, 0) is 0 Å². The maximum absolute atomic E-state index is 10.6. The normalized spacial score (nSPS) is 12.6. The fourth-order valence-electron chi connectivity index (χ4n) is 2.13. The molecule has 1 heterocycles. The summed E-state index contributed by atoms with van der Waals surface area (Å²) in [5, 5.41) is 11.3. The van der Waals surface area contributed by atoms with E-state index < -0.39 is 6.10 Å². The van der Waals surface area contributed by atoms with Crippen LogP contribution in [0.5, 0.6) is 0 Å². The molecule has 0 amide bonds. The van der Waals surface area contributed by atoms with Crippen LogP contribution in [0.25, 0.3) is 11.0 Å². The first kappa shape index (κ1) is 13.3. The van der Waals surface area contributed by atoms with Gasteiger partial charge in [0, 0.05) is 23.5 Å². The monoisotopic (exact) mass is 304 g/mol. The van der Waals surface area contributed by atoms with Gasteiger partial charge in [0.05, 0.1) is 21.1 Å². The second kappa shape index (κ2) is 5.37. The van der Waals surface area contributed by atoms with E-state index in [4.69, 9.17) is 23.2 Å². The third kappa shape index (κ3) is 2.24. The van der Waals surface area contributed by atoms with Gasteiger partial charge in [-0.15, -0.1) is 0 Å². The number of aliphatic hydroxyl groups excluding tert-OH is 1. The molecule has 20 heavy (non-hydrogen) atoms. The largest absolute Gasteiger partial charge is 0.384 e. The van der Waals surface area contributed by atoms with Crippen molar-refractivity contribution >= 4 is 34.2 Å². The lowest BCUT2D eigenvalue weighted by Crippen LogP contribution is -2.03. The minimum atomic E-state index is -0.901. The molecule has 1 unspecified atom stereocenters. The summed E-state index contributed by atoms with van der Waals surface area (Å²) in [7, 11) is 0. The number of hydrogen-bond acceptors (Lipinski definition) is 3. The van der Waals surface area contributed by atoms with Crippen LogP contribution in [0.1, 0.15) is 17.2 Å². The molecule has 0 radical (unpaired) electrons. The summed E-state index contributed by atoms with van der Waals surface area (Å²) in [6.45, 7) is 0. The molecule has 1 aromatic heterocycles. The summed E-state index contributed by atoms with van der Waals surface area (Å²) in [5.41, 5.74) is 2.58. The molecule has 1 N–H and O–H groups in total. The minimum absolute atomic E-state index is 0.350. The molecular weight excluding hydrogens is 295 g/mol. The number of para-hydroxylation sites is 1. The molecule has 0 fully saturated rings. The number of nitrogens with zero attached hydrogens (tertiary/aromatic N) is 2. The fraction of sp³-hybridized carbons (Fsp3) is 0.0667. The van der Waals surface area contributed by atoms with Gasteiger partial charge in [-0.25, -0.2) is 0 Å². The summed E-state index contributed by atoms with van der Waals surface area (Å²) in [6, 6.07) is 10.7. The van der Waals surface area contributed by atoms with Gasteiger partial charge in [-0.3, -0.25) is 9.97 Å². The van der Waals surface area contributed by atoms with Crippen LogP contribution in [-0.4, -0.2) is 15.1 Å². The number of aromatic nitrogens is 2. The molecule has 0 bridgehead atoms. The third-order valence-corrected chi connectivity index (χ3v) is 3.93. The standard InChI is InChI=1S/C15H10Cl2N2O/c16-11-5-1-3-9(13(11)17)15(20)10-4-2-6-12-14(10)19-8-7-18-12/h1-8,15,20H. The van der Waals surface area contributed by atoms with Crippen molar-refractivity contribution in [2.45, 2.75) is 6.10 Å². The van der Waals surface area contributed by atoms with Gasteiger partial charge in [-0.05, 0) is 12.1 Å². The highest BCUT2D eigenvalue weighted by atomic mass is 35.5. The Hall–Kier alpha value is -1.68. The van der Waals surface area contributed by atoms with Crippen molar-refractivity contribution in [3.8, 4) is 0 Å². The van der Waals surface area contributed by atoms with E-state index in [9.17, 15) is 5.11 Å². The first-order chi connectivity index (χ1) is 9.68. The van der Waals surface area contributed by atoms with Gasteiger partial charge < -0.3 is 5.11 Å². The Kier molecular flexibility index (Phi) is 3.57. The SMILES string of the molecule is OC(c1cccc(Cl)c1Cl)c1cccc2nccnc12. The van der Waals surface area contributed by atoms with Crippen molar-refractivity contribution in [1.29, 1.82) is 0 Å². The molecular formula is C15H10Cl2N2O. The lowest BCUT2D eigenvalue weighted by Gasteiger charge is -2.15. The highest BCUT2D eigenvalue weighted by molar-refractivity contribution is 6.42. The van der Waals surface area contributed by atoms with Crippen LogP contribution < -0.4 is 0 Å². The summed E-state index contributed by atoms with van der Waals surface area (Å²) < 4.78 is 0. The van der Waals surface area contributed by atoms with Crippen molar-refractivity contribution in [3.05, 3.63) is 70.0 Å². The molecule has 0 saturated heterocycles. The molecule has 0 aliphatic rings. The maximum atomic E-state index is 10.6. The zero-order valence-electron chi connectivity index (χ0n) is 10.3. The highest BCUT2D eigenvalue weighted by Crippen LogP contribution is 2.34. The van der Waals surface area contributed by atoms with E-state index >= 15 is 0 Å². The van der Waals surface area contributed by atoms with Gasteiger partial charge in [0.2, 0.25) is 0 Å². The molecule has 3 nitrogen and oxygen atoms in total. The highest BCUT2D eigenvalue weighted by Gasteiger charge is 2.18. The van der Waals surface area contributed by atoms with Gasteiger partial charge in [0.1, 0.15) is 6.10 Å². The Balaban J connectivity index is 2.18. The molecule has 5 heteroatoms. The van der Waals surface area contributed by atoms with Crippen molar-refractivity contribution in [1.82, 2.24) is 9.97 Å². The van der Waals surface area contributed by atoms with Gasteiger partial charge in [0.25, 0.3) is 0 Å². The number of aliphatic hydroxyl groups is 1. The molecule has 100 valence electrons. The zero-order valence-corrected chi connectivity index (χ0v) is 11.8. The van der Waals surface area contributed by atoms with Crippen LogP contribution in [0, 0.1) is 0 Å². The third-order valence-electron chi connectivity index (χ3n) is 3.10. The zero-order chi connectivity index (χ0) is 14.1. The van der Waals surface area contributed by atoms with E-state index in [0.29, 0.717) is 26.7 Å². The fourth-order valence-corrected chi connectivity index (χ4v) is 2.55. The molecule has 0 saturated carbocycles. The van der Waals surface area contributed by atoms with E-state index in [1.165, 1.54) is 0 Å². The lowest BCUT2D eigenvalue weighted by atomic mass is 10.00. The Morgan fingerprint density at radius 3 is 2.45 bits per heavy atom. The molecule has 0 aliphatic carbocycles. The topological polar surface area (TPSA) is 46.0 Å². The van der Waals surface area contributed by atoms with Crippen LogP contribution in [0.15, 0.2) is 48.8 Å². The van der Waals surface area contributed by atoms with Crippen molar-refractivity contribution in [2.24, 2.45) is 0 Å². The van der Waals surface area contributed by atoms with E-state index in [1.54, 1.807) is 36.7 Å². The van der Waals surface area contributed by atoms with E-state index in [1.807, 2.05) is 12.1 Å². The first-order valence-corrected chi connectivity index (χ1v) is 6.75. The molecule has 0 spiro atoms. The number of rotatable bonds is 2. The second-order valence-corrected chi connectivity index (χ2v) is 5.10. The van der Waals surface area contributed by atoms with E-state index in [0.717, 1.165) is 5.52 Å². The summed E-state index contributed by atoms with van der Waals surface area (Å²) >= 11 is 12.2. The van der Waals surface area contributed by atoms with Crippen molar-refractivity contribution in [3.63, 3.8) is 0 Å². The van der Waals surface area contributed by atoms with Crippen LogP contribution >= 0.6 is 23.2 Å². The Morgan fingerprint density at radius 2 is 1.60 bits per heavy atom. The van der Waals surface area contributed by atoms with Crippen molar-refractivity contribution < 1.29 is 5.11 Å². The van der Waals surface area contributed by atoms with Gasteiger partial charge in [-0.2, -0.15) is 0 Å². The second-order valence-electron chi connectivity index (χ2n) is 4.32. The molecule has 2 aromatic carbocycles. The quantitative estimate of drug-likeness (QED) is 0.778. The van der Waals surface area contributed by atoms with E-state index in [2.05, 4.69) is 9.97 Å². The first-order valence-electron chi connectivity index (χ1n) is 6.00. The number of hydrogen-bond donors (Lipinski definition) is 1. The van der Waals surface area contributed by atoms with Crippen LogP contribution in [0.4, 0.5) is 0 Å². The predicted octanol–water partition coefficient (Wildman–Crippen LogP) is 4.02. The number of fused-ring (bicyclic) bond motifs is 1. The molecule has 3 aromatic rings. The summed E-state index contributed by atoms with van der Waals surface area (Å²) in [5.74, 6) is 0. The van der Waals surface area contributed by atoms with E-state index in [-0.39, 0.29) is 0 Å². The average molecular weight is 305 g/mol. The number of halogens is 2. The molecule has 3 rings (SSSR count). The maximum Gasteiger partial charge on any atom is 0.108 e. The van der Waals surface area contributed by atoms with Crippen LogP contribution in [0.2, 0.25) is 10.0 Å². The smallest absolute Gasteiger partial charge is 0.108 e. The summed E-state index contributed by atoms with van der Waals surface area (Å²) in [4.78, 5) is 8.51.